The molecule has 24 heavy (non-hydrogen) atoms. The Hall–Kier alpha value is -1.46. The van der Waals surface area contributed by atoms with Crippen LogP contribution in [0.25, 0.3) is 0 Å². The van der Waals surface area contributed by atoms with Crippen molar-refractivity contribution in [2.45, 2.75) is 50.6 Å². The molecule has 2 N–H and O–H groups in total. The van der Waals surface area contributed by atoms with Crippen LogP contribution in [0.3, 0.4) is 0 Å². The predicted molar refractivity (Wildman–Crippen MR) is 97.0 cm³/mol. The van der Waals surface area contributed by atoms with Crippen molar-refractivity contribution < 1.29 is 9.53 Å². The summed E-state index contributed by atoms with van der Waals surface area (Å²) in [6, 6.07) is 5.90. The van der Waals surface area contributed by atoms with Crippen molar-refractivity contribution in [3.05, 3.63) is 23.2 Å². The first-order valence-corrected chi connectivity index (χ1v) is 9.18. The lowest BCUT2D eigenvalue weighted by Crippen LogP contribution is -2.42. The van der Waals surface area contributed by atoms with Crippen molar-refractivity contribution in [2.24, 2.45) is 0 Å². The maximum Gasteiger partial charge on any atom is 0.319 e. The van der Waals surface area contributed by atoms with Gasteiger partial charge in [-0.25, -0.2) is 4.79 Å². The molecular weight excluding hydrogens is 326 g/mol. The molecule has 6 heteroatoms. The Bertz CT molecular complexity index is 575. The minimum Gasteiger partial charge on any atom is -0.495 e. The van der Waals surface area contributed by atoms with Gasteiger partial charge in [-0.05, 0) is 37.5 Å². The number of ether oxygens (including phenoxy) is 1. The van der Waals surface area contributed by atoms with Gasteiger partial charge in [-0.2, -0.15) is 0 Å². The fourth-order valence-corrected chi connectivity index (χ4v) is 3.98. The first kappa shape index (κ1) is 17.4. The molecule has 1 saturated carbocycles. The molecule has 1 aliphatic heterocycles. The number of carbonyl (C=O) groups excluding carboxylic acids is 1. The second-order valence-corrected chi connectivity index (χ2v) is 7.15. The highest BCUT2D eigenvalue weighted by Gasteiger charge is 2.29. The van der Waals surface area contributed by atoms with Crippen molar-refractivity contribution in [2.75, 3.05) is 25.5 Å². The number of nitrogens with zero attached hydrogens (tertiary/aromatic N) is 1. The molecule has 1 aromatic carbocycles. The van der Waals surface area contributed by atoms with Gasteiger partial charge in [0.2, 0.25) is 0 Å². The van der Waals surface area contributed by atoms with E-state index in [4.69, 9.17) is 16.3 Å². The largest absolute Gasteiger partial charge is 0.495 e. The molecule has 5 nitrogen and oxygen atoms in total. The Morgan fingerprint density at radius 2 is 2.04 bits per heavy atom. The quantitative estimate of drug-likeness (QED) is 0.865. The van der Waals surface area contributed by atoms with Crippen LogP contribution in [0.2, 0.25) is 5.02 Å². The number of methoxy groups -OCH3 is 1. The summed E-state index contributed by atoms with van der Waals surface area (Å²) in [6.45, 7) is 2.03. The third-order valence-corrected chi connectivity index (χ3v) is 5.29. The van der Waals surface area contributed by atoms with Gasteiger partial charge >= 0.3 is 6.03 Å². The highest BCUT2D eigenvalue weighted by Crippen LogP contribution is 2.28. The van der Waals surface area contributed by atoms with E-state index in [1.165, 1.54) is 32.1 Å². The number of nitrogens with one attached hydrogen (secondary N) is 2. The lowest BCUT2D eigenvalue weighted by atomic mass is 9.94. The molecule has 0 radical (unpaired) electrons. The van der Waals surface area contributed by atoms with E-state index in [2.05, 4.69) is 15.5 Å². The van der Waals surface area contributed by atoms with E-state index in [0.29, 0.717) is 22.5 Å². The second kappa shape index (κ2) is 8.08. The van der Waals surface area contributed by atoms with Crippen LogP contribution in [0, 0.1) is 0 Å². The summed E-state index contributed by atoms with van der Waals surface area (Å²) in [6.07, 6.45) is 7.67. The van der Waals surface area contributed by atoms with Gasteiger partial charge in [0.1, 0.15) is 5.75 Å². The van der Waals surface area contributed by atoms with Crippen LogP contribution in [-0.2, 0) is 0 Å². The molecule has 1 atom stereocenters. The summed E-state index contributed by atoms with van der Waals surface area (Å²) in [7, 11) is 1.57. The van der Waals surface area contributed by atoms with Crippen molar-refractivity contribution in [3.63, 3.8) is 0 Å². The van der Waals surface area contributed by atoms with Gasteiger partial charge in [0, 0.05) is 30.2 Å². The SMILES string of the molecule is COc1ccc(Cl)cc1NC(=O)N[C@@H]1CCN(C2CCCCC2)C1. The molecule has 2 fully saturated rings. The molecule has 0 bridgehead atoms. The number of likely N-dealkylation sites (tertiary alicyclic amines) is 1. The van der Waals surface area contributed by atoms with Gasteiger partial charge in [0.25, 0.3) is 0 Å². The molecule has 1 saturated heterocycles. The summed E-state index contributed by atoms with van der Waals surface area (Å²) in [4.78, 5) is 14.8. The van der Waals surface area contributed by atoms with Gasteiger partial charge in [-0.15, -0.1) is 0 Å². The van der Waals surface area contributed by atoms with Crippen molar-refractivity contribution in [1.82, 2.24) is 10.2 Å². The molecule has 2 amide bonds. The van der Waals surface area contributed by atoms with Crippen LogP contribution < -0.4 is 15.4 Å². The van der Waals surface area contributed by atoms with E-state index in [9.17, 15) is 4.79 Å². The third-order valence-electron chi connectivity index (χ3n) is 5.06. The molecule has 2 aliphatic rings. The van der Waals surface area contributed by atoms with Gasteiger partial charge < -0.3 is 15.4 Å². The van der Waals surface area contributed by atoms with Gasteiger partial charge in [-0.3, -0.25) is 4.90 Å². The van der Waals surface area contributed by atoms with E-state index in [-0.39, 0.29) is 12.1 Å². The maximum atomic E-state index is 12.3. The number of urea groups is 1. The zero-order valence-electron chi connectivity index (χ0n) is 14.2. The summed E-state index contributed by atoms with van der Waals surface area (Å²) in [5.74, 6) is 0.602. The topological polar surface area (TPSA) is 53.6 Å². The zero-order chi connectivity index (χ0) is 16.9. The first-order valence-electron chi connectivity index (χ1n) is 8.81. The lowest BCUT2D eigenvalue weighted by molar-refractivity contribution is 0.187. The molecule has 1 heterocycles. The Balaban J connectivity index is 1.51. The Kier molecular flexibility index (Phi) is 5.85. The number of amides is 2. The molecule has 1 aromatic rings. The second-order valence-electron chi connectivity index (χ2n) is 6.72. The molecule has 0 unspecified atom stereocenters. The number of hydrogen-bond donors (Lipinski definition) is 2. The Morgan fingerprint density at radius 1 is 1.25 bits per heavy atom. The Labute approximate surface area is 148 Å². The fraction of sp³-hybridized carbons (Fsp3) is 0.611. The van der Waals surface area contributed by atoms with Crippen LogP contribution >= 0.6 is 11.6 Å². The van der Waals surface area contributed by atoms with E-state index in [0.717, 1.165) is 19.5 Å². The molecule has 0 aromatic heterocycles. The minimum atomic E-state index is -0.203. The standard InChI is InChI=1S/C18H26ClN3O2/c1-24-17-8-7-13(19)11-16(17)21-18(23)20-14-9-10-22(12-14)15-5-3-2-4-6-15/h7-8,11,14-15H,2-6,9-10,12H2,1H3,(H2,20,21,23)/t14-/m1/s1. The highest BCUT2D eigenvalue weighted by molar-refractivity contribution is 6.31. The third kappa shape index (κ3) is 4.33. The molecule has 3 rings (SSSR count). The number of hydrogen-bond acceptors (Lipinski definition) is 3. The fourth-order valence-electron chi connectivity index (χ4n) is 3.80. The van der Waals surface area contributed by atoms with E-state index >= 15 is 0 Å². The van der Waals surface area contributed by atoms with E-state index in [1.807, 2.05) is 0 Å². The van der Waals surface area contributed by atoms with Gasteiger partial charge in [0.05, 0.1) is 12.8 Å². The number of anilines is 1. The summed E-state index contributed by atoms with van der Waals surface area (Å²) >= 11 is 6.00. The van der Waals surface area contributed by atoms with Crippen LogP contribution in [0.15, 0.2) is 18.2 Å². The molecule has 132 valence electrons. The van der Waals surface area contributed by atoms with Crippen molar-refractivity contribution in [1.29, 1.82) is 0 Å². The van der Waals surface area contributed by atoms with Crippen molar-refractivity contribution in [3.8, 4) is 5.75 Å². The van der Waals surface area contributed by atoms with Crippen molar-refractivity contribution >= 4 is 23.3 Å². The molecular formula is C18H26ClN3O2. The summed E-state index contributed by atoms with van der Waals surface area (Å²) < 4.78 is 5.26. The van der Waals surface area contributed by atoms with Crippen LogP contribution in [0.4, 0.5) is 10.5 Å². The van der Waals surface area contributed by atoms with Crippen LogP contribution in [0.1, 0.15) is 38.5 Å². The predicted octanol–water partition coefficient (Wildman–Crippen LogP) is 3.88. The highest BCUT2D eigenvalue weighted by atomic mass is 35.5. The van der Waals surface area contributed by atoms with Crippen LogP contribution in [-0.4, -0.2) is 43.2 Å². The minimum absolute atomic E-state index is 0.203. The lowest BCUT2D eigenvalue weighted by Gasteiger charge is -2.31. The first-order chi connectivity index (χ1) is 11.7. The molecule has 1 aliphatic carbocycles. The average molecular weight is 352 g/mol. The van der Waals surface area contributed by atoms with E-state index < -0.39 is 0 Å². The number of halogens is 1. The van der Waals surface area contributed by atoms with Crippen LogP contribution in [0.5, 0.6) is 5.75 Å². The summed E-state index contributed by atoms with van der Waals surface area (Å²) in [5.41, 5.74) is 0.588. The van der Waals surface area contributed by atoms with Gasteiger partial charge in [-0.1, -0.05) is 30.9 Å². The van der Waals surface area contributed by atoms with E-state index in [1.54, 1.807) is 25.3 Å². The van der Waals surface area contributed by atoms with Gasteiger partial charge in [0.15, 0.2) is 0 Å². The monoisotopic (exact) mass is 351 g/mol. The average Bonchev–Trinajstić information content (AvgIpc) is 3.04. The smallest absolute Gasteiger partial charge is 0.319 e. The summed E-state index contributed by atoms with van der Waals surface area (Å²) in [5, 5.41) is 6.49. The number of benzene rings is 1. The normalized spacial score (nSPS) is 22.3. The molecule has 0 spiro atoms. The number of carbonyl (C=O) groups is 1. The number of rotatable bonds is 4. The maximum absolute atomic E-state index is 12.3. The zero-order valence-corrected chi connectivity index (χ0v) is 14.9. The Morgan fingerprint density at radius 3 is 2.79 bits per heavy atom.